The standard InChI is InChI=1S/C17H19FN2O3S/c1-4-14-10(2)9-15(24-14)17(22)20-19-16(21)11(3)23-13-8-6-5-7-12(13)18/h5-9,11H,4H2,1-3H3,(H,19,21)(H,20,22). The minimum absolute atomic E-state index is 0.0204. The monoisotopic (exact) mass is 350 g/mol. The van der Waals surface area contributed by atoms with E-state index in [9.17, 15) is 14.0 Å². The van der Waals surface area contributed by atoms with E-state index in [1.807, 2.05) is 13.8 Å². The van der Waals surface area contributed by atoms with E-state index >= 15 is 0 Å². The van der Waals surface area contributed by atoms with E-state index in [0.29, 0.717) is 4.88 Å². The number of aryl methyl sites for hydroxylation is 2. The van der Waals surface area contributed by atoms with Gasteiger partial charge in [-0.25, -0.2) is 4.39 Å². The zero-order valence-electron chi connectivity index (χ0n) is 13.7. The summed E-state index contributed by atoms with van der Waals surface area (Å²) in [6, 6.07) is 7.59. The molecule has 1 aromatic heterocycles. The Bertz CT molecular complexity index is 745. The Labute approximate surface area is 143 Å². The molecule has 0 saturated heterocycles. The van der Waals surface area contributed by atoms with E-state index in [-0.39, 0.29) is 5.75 Å². The molecule has 128 valence electrons. The molecule has 0 saturated carbocycles. The van der Waals surface area contributed by atoms with Gasteiger partial charge in [-0.15, -0.1) is 11.3 Å². The van der Waals surface area contributed by atoms with Gasteiger partial charge in [0, 0.05) is 4.88 Å². The summed E-state index contributed by atoms with van der Waals surface area (Å²) < 4.78 is 18.7. The SMILES string of the molecule is CCc1sc(C(=O)NNC(=O)C(C)Oc2ccccc2F)cc1C. The summed E-state index contributed by atoms with van der Waals surface area (Å²) in [4.78, 5) is 25.7. The summed E-state index contributed by atoms with van der Waals surface area (Å²) in [5.41, 5.74) is 5.68. The molecule has 0 bridgehead atoms. The van der Waals surface area contributed by atoms with Crippen molar-refractivity contribution in [2.45, 2.75) is 33.3 Å². The lowest BCUT2D eigenvalue weighted by atomic mass is 10.2. The van der Waals surface area contributed by atoms with Gasteiger partial charge < -0.3 is 4.74 Å². The molecular formula is C17H19FN2O3S. The Morgan fingerprint density at radius 1 is 1.29 bits per heavy atom. The molecule has 1 aromatic carbocycles. The Hall–Kier alpha value is -2.41. The summed E-state index contributed by atoms with van der Waals surface area (Å²) in [5, 5.41) is 0. The molecule has 0 radical (unpaired) electrons. The number of halogens is 1. The molecule has 0 fully saturated rings. The first-order valence-electron chi connectivity index (χ1n) is 7.53. The summed E-state index contributed by atoms with van der Waals surface area (Å²) in [6.45, 7) is 5.43. The van der Waals surface area contributed by atoms with E-state index in [1.54, 1.807) is 12.1 Å². The van der Waals surface area contributed by atoms with Crippen LogP contribution in [0.3, 0.4) is 0 Å². The summed E-state index contributed by atoms with van der Waals surface area (Å²) in [6.07, 6.45) is -0.109. The topological polar surface area (TPSA) is 67.4 Å². The Kier molecular flexibility index (Phi) is 5.92. The van der Waals surface area contributed by atoms with Crippen molar-refractivity contribution >= 4 is 23.2 Å². The number of thiophene rings is 1. The van der Waals surface area contributed by atoms with Gasteiger partial charge in [-0.05, 0) is 44.0 Å². The maximum atomic E-state index is 13.5. The van der Waals surface area contributed by atoms with Gasteiger partial charge in [0.2, 0.25) is 0 Å². The van der Waals surface area contributed by atoms with Crippen molar-refractivity contribution in [2.24, 2.45) is 0 Å². The fraction of sp³-hybridized carbons (Fsp3) is 0.294. The van der Waals surface area contributed by atoms with Crippen molar-refractivity contribution in [1.29, 1.82) is 0 Å². The fourth-order valence-corrected chi connectivity index (χ4v) is 3.06. The molecule has 0 spiro atoms. The van der Waals surface area contributed by atoms with Crippen molar-refractivity contribution in [3.8, 4) is 5.75 Å². The highest BCUT2D eigenvalue weighted by Gasteiger charge is 2.18. The fourth-order valence-electron chi connectivity index (χ4n) is 2.05. The average molecular weight is 350 g/mol. The highest BCUT2D eigenvalue weighted by atomic mass is 32.1. The molecule has 0 aliphatic carbocycles. The lowest BCUT2D eigenvalue weighted by Gasteiger charge is -2.15. The summed E-state index contributed by atoms with van der Waals surface area (Å²) >= 11 is 1.39. The van der Waals surface area contributed by atoms with Gasteiger partial charge in [-0.3, -0.25) is 20.4 Å². The molecule has 2 amide bonds. The molecule has 1 heterocycles. The van der Waals surface area contributed by atoms with E-state index in [4.69, 9.17) is 4.74 Å². The molecule has 1 atom stereocenters. The van der Waals surface area contributed by atoms with Crippen LogP contribution in [0.2, 0.25) is 0 Å². The predicted molar refractivity (Wildman–Crippen MR) is 90.5 cm³/mol. The van der Waals surface area contributed by atoms with Gasteiger partial charge in [0.05, 0.1) is 4.88 Å². The lowest BCUT2D eigenvalue weighted by molar-refractivity contribution is -0.128. The van der Waals surface area contributed by atoms with Crippen LogP contribution in [-0.2, 0) is 11.2 Å². The molecule has 2 N–H and O–H groups in total. The van der Waals surface area contributed by atoms with Crippen LogP contribution in [0.15, 0.2) is 30.3 Å². The van der Waals surface area contributed by atoms with E-state index in [2.05, 4.69) is 10.9 Å². The summed E-state index contributed by atoms with van der Waals surface area (Å²) in [7, 11) is 0. The third kappa shape index (κ3) is 4.32. The lowest BCUT2D eigenvalue weighted by Crippen LogP contribution is -2.47. The molecular weight excluding hydrogens is 331 g/mol. The quantitative estimate of drug-likeness (QED) is 0.815. The van der Waals surface area contributed by atoms with Crippen molar-refractivity contribution in [2.75, 3.05) is 0 Å². The predicted octanol–water partition coefficient (Wildman–Crippen LogP) is 2.99. The maximum Gasteiger partial charge on any atom is 0.279 e. The number of hydrogen-bond acceptors (Lipinski definition) is 4. The van der Waals surface area contributed by atoms with Gasteiger partial charge in [0.1, 0.15) is 0 Å². The van der Waals surface area contributed by atoms with Crippen molar-refractivity contribution in [3.05, 3.63) is 51.5 Å². The second kappa shape index (κ2) is 7.92. The van der Waals surface area contributed by atoms with Crippen LogP contribution < -0.4 is 15.6 Å². The molecule has 0 aliphatic heterocycles. The third-order valence-corrected chi connectivity index (χ3v) is 4.75. The highest BCUT2D eigenvalue weighted by Crippen LogP contribution is 2.22. The normalized spacial score (nSPS) is 11.7. The molecule has 2 aromatic rings. The first-order valence-corrected chi connectivity index (χ1v) is 8.34. The Morgan fingerprint density at radius 3 is 2.62 bits per heavy atom. The average Bonchev–Trinajstić information content (AvgIpc) is 2.95. The van der Waals surface area contributed by atoms with Gasteiger partial charge in [-0.1, -0.05) is 19.1 Å². The van der Waals surface area contributed by atoms with Crippen molar-refractivity contribution < 1.29 is 18.7 Å². The number of carbonyl (C=O) groups is 2. The number of rotatable bonds is 5. The van der Waals surface area contributed by atoms with Crippen molar-refractivity contribution in [1.82, 2.24) is 10.9 Å². The van der Waals surface area contributed by atoms with Crippen LogP contribution >= 0.6 is 11.3 Å². The Balaban J connectivity index is 1.89. The number of hydrazine groups is 1. The third-order valence-electron chi connectivity index (χ3n) is 3.37. The largest absolute Gasteiger partial charge is 0.478 e. The van der Waals surface area contributed by atoms with E-state index < -0.39 is 23.7 Å². The highest BCUT2D eigenvalue weighted by molar-refractivity contribution is 7.14. The molecule has 5 nitrogen and oxygen atoms in total. The number of para-hydroxylation sites is 1. The zero-order valence-corrected chi connectivity index (χ0v) is 14.5. The van der Waals surface area contributed by atoms with Crippen LogP contribution in [0.1, 0.15) is 34.0 Å². The number of amides is 2. The minimum atomic E-state index is -0.960. The van der Waals surface area contributed by atoms with Crippen LogP contribution in [0.25, 0.3) is 0 Å². The van der Waals surface area contributed by atoms with Crippen LogP contribution in [-0.4, -0.2) is 17.9 Å². The number of benzene rings is 1. The molecule has 24 heavy (non-hydrogen) atoms. The van der Waals surface area contributed by atoms with Gasteiger partial charge in [0.15, 0.2) is 17.7 Å². The zero-order chi connectivity index (χ0) is 17.7. The Morgan fingerprint density at radius 2 is 2.00 bits per heavy atom. The first kappa shape index (κ1) is 17.9. The minimum Gasteiger partial charge on any atom is -0.478 e. The van der Waals surface area contributed by atoms with Crippen LogP contribution in [0, 0.1) is 12.7 Å². The van der Waals surface area contributed by atoms with Crippen LogP contribution in [0.4, 0.5) is 4.39 Å². The van der Waals surface area contributed by atoms with Gasteiger partial charge in [-0.2, -0.15) is 0 Å². The van der Waals surface area contributed by atoms with Gasteiger partial charge >= 0.3 is 0 Å². The maximum absolute atomic E-state index is 13.5. The first-order chi connectivity index (χ1) is 11.4. The van der Waals surface area contributed by atoms with Crippen molar-refractivity contribution in [3.63, 3.8) is 0 Å². The summed E-state index contributed by atoms with van der Waals surface area (Å²) in [5.74, 6) is -1.54. The van der Waals surface area contributed by atoms with Gasteiger partial charge in [0.25, 0.3) is 11.8 Å². The molecule has 1 unspecified atom stereocenters. The molecule has 7 heteroatoms. The number of hydrogen-bond donors (Lipinski definition) is 2. The molecule has 2 rings (SSSR count). The smallest absolute Gasteiger partial charge is 0.279 e. The second-order valence-electron chi connectivity index (χ2n) is 5.20. The van der Waals surface area contributed by atoms with E-state index in [0.717, 1.165) is 16.9 Å². The van der Waals surface area contributed by atoms with Crippen LogP contribution in [0.5, 0.6) is 5.75 Å². The number of nitrogens with one attached hydrogen (secondary N) is 2. The number of ether oxygens (including phenoxy) is 1. The van der Waals surface area contributed by atoms with E-state index in [1.165, 1.54) is 36.5 Å². The number of carbonyl (C=O) groups excluding carboxylic acids is 2. The molecule has 0 aliphatic rings. The second-order valence-corrected chi connectivity index (χ2v) is 6.34.